The zero-order chi connectivity index (χ0) is 12.3. The highest BCUT2D eigenvalue weighted by Gasteiger charge is 2.28. The van der Waals surface area contributed by atoms with Crippen LogP contribution in [0.2, 0.25) is 0 Å². The first-order valence-corrected chi connectivity index (χ1v) is 7.36. The Kier molecular flexibility index (Phi) is 4.04. The van der Waals surface area contributed by atoms with Gasteiger partial charge in [0.2, 0.25) is 5.82 Å². The first kappa shape index (κ1) is 12.4. The number of hydrogen-bond acceptors (Lipinski definition) is 4. The van der Waals surface area contributed by atoms with E-state index in [1.807, 2.05) is 6.26 Å². The van der Waals surface area contributed by atoms with Gasteiger partial charge in [0.25, 0.3) is 5.91 Å². The minimum Gasteiger partial charge on any atom is -0.346 e. The summed E-state index contributed by atoms with van der Waals surface area (Å²) < 4.78 is 0. The summed E-state index contributed by atoms with van der Waals surface area (Å²) in [6.45, 7) is 2.06. The fraction of sp³-hybridized carbons (Fsp3) is 0.727. The highest BCUT2D eigenvalue weighted by molar-refractivity contribution is 7.98. The smallest absolute Gasteiger partial charge is 0.291 e. The number of thioether (sulfide) groups is 1. The van der Waals surface area contributed by atoms with Gasteiger partial charge < -0.3 is 5.32 Å². The molecule has 2 rings (SSSR count). The lowest BCUT2D eigenvalue weighted by atomic mass is 10.2. The molecule has 0 aliphatic heterocycles. The van der Waals surface area contributed by atoms with Gasteiger partial charge in [-0.2, -0.15) is 11.8 Å². The van der Waals surface area contributed by atoms with Gasteiger partial charge in [0.1, 0.15) is 5.82 Å². The molecule has 0 saturated heterocycles. The second kappa shape index (κ2) is 5.53. The Morgan fingerprint density at radius 2 is 2.41 bits per heavy atom. The van der Waals surface area contributed by atoms with E-state index in [1.54, 1.807) is 11.8 Å². The van der Waals surface area contributed by atoms with E-state index in [0.29, 0.717) is 5.92 Å². The lowest BCUT2D eigenvalue weighted by molar-refractivity contribution is 0.0930. The number of H-pyrrole nitrogens is 1. The summed E-state index contributed by atoms with van der Waals surface area (Å²) in [4.78, 5) is 16.1. The third-order valence-corrected chi connectivity index (χ3v) is 3.60. The van der Waals surface area contributed by atoms with Crippen molar-refractivity contribution < 1.29 is 4.79 Å². The van der Waals surface area contributed by atoms with Crippen molar-refractivity contribution in [2.75, 3.05) is 12.0 Å². The molecule has 1 unspecified atom stereocenters. The number of hydrogen-bond donors (Lipinski definition) is 2. The molecule has 1 aromatic heterocycles. The molecule has 0 bridgehead atoms. The molecule has 5 nitrogen and oxygen atoms in total. The highest BCUT2D eigenvalue weighted by atomic mass is 32.2. The van der Waals surface area contributed by atoms with Crippen LogP contribution in [0.5, 0.6) is 0 Å². The van der Waals surface area contributed by atoms with Crippen LogP contribution in [-0.2, 0) is 0 Å². The van der Waals surface area contributed by atoms with Crippen LogP contribution in [0.25, 0.3) is 0 Å². The van der Waals surface area contributed by atoms with Crippen molar-refractivity contribution in [3.63, 3.8) is 0 Å². The molecular formula is C11H18N4OS. The second-order valence-corrected chi connectivity index (χ2v) is 5.26. The Balaban J connectivity index is 1.93. The lowest BCUT2D eigenvalue weighted by Gasteiger charge is -2.13. The van der Waals surface area contributed by atoms with Crippen molar-refractivity contribution >= 4 is 17.7 Å². The van der Waals surface area contributed by atoms with Crippen LogP contribution in [-0.4, -0.2) is 39.1 Å². The quantitative estimate of drug-likeness (QED) is 0.808. The van der Waals surface area contributed by atoms with Gasteiger partial charge in [0, 0.05) is 17.7 Å². The maximum atomic E-state index is 11.9. The van der Waals surface area contributed by atoms with Gasteiger partial charge in [-0.05, 0) is 25.5 Å². The fourth-order valence-electron chi connectivity index (χ4n) is 1.63. The summed E-state index contributed by atoms with van der Waals surface area (Å²) in [5.74, 6) is 2.37. The van der Waals surface area contributed by atoms with Crippen LogP contribution in [0.1, 0.15) is 48.5 Å². The zero-order valence-electron chi connectivity index (χ0n) is 10.2. The Morgan fingerprint density at radius 3 is 3.00 bits per heavy atom. The van der Waals surface area contributed by atoms with Gasteiger partial charge in [-0.1, -0.05) is 6.92 Å². The van der Waals surface area contributed by atoms with Crippen LogP contribution in [0.15, 0.2) is 0 Å². The van der Waals surface area contributed by atoms with Crippen molar-refractivity contribution in [1.29, 1.82) is 0 Å². The summed E-state index contributed by atoms with van der Waals surface area (Å²) >= 11 is 1.73. The van der Waals surface area contributed by atoms with Crippen molar-refractivity contribution in [3.05, 3.63) is 11.6 Å². The van der Waals surface area contributed by atoms with Crippen molar-refractivity contribution in [1.82, 2.24) is 20.5 Å². The summed E-state index contributed by atoms with van der Waals surface area (Å²) in [5, 5.41) is 9.77. The van der Waals surface area contributed by atoms with E-state index in [-0.39, 0.29) is 17.8 Å². The molecule has 1 aliphatic carbocycles. The maximum absolute atomic E-state index is 11.9. The SMILES string of the molecule is CCC(CSC)NC(=O)c1n[nH]c(C2CC2)n1. The van der Waals surface area contributed by atoms with Crippen LogP contribution in [0, 0.1) is 0 Å². The molecule has 1 atom stereocenters. The van der Waals surface area contributed by atoms with Gasteiger partial charge in [-0.3, -0.25) is 9.89 Å². The standard InChI is InChI=1S/C11H18N4OS/c1-3-8(6-17-2)12-11(16)10-13-9(14-15-10)7-4-5-7/h7-8H,3-6H2,1-2H3,(H,12,16)(H,13,14,15). The topological polar surface area (TPSA) is 70.7 Å². The fourth-order valence-corrected chi connectivity index (χ4v) is 2.35. The molecule has 0 radical (unpaired) electrons. The second-order valence-electron chi connectivity index (χ2n) is 4.35. The molecule has 1 aliphatic rings. The molecule has 1 amide bonds. The molecule has 17 heavy (non-hydrogen) atoms. The van der Waals surface area contributed by atoms with Gasteiger partial charge in [0.05, 0.1) is 0 Å². The van der Waals surface area contributed by atoms with Crippen LogP contribution >= 0.6 is 11.8 Å². The van der Waals surface area contributed by atoms with Gasteiger partial charge >= 0.3 is 0 Å². The van der Waals surface area contributed by atoms with E-state index < -0.39 is 0 Å². The lowest BCUT2D eigenvalue weighted by Crippen LogP contribution is -2.36. The van der Waals surface area contributed by atoms with E-state index in [4.69, 9.17) is 0 Å². The number of rotatable bonds is 6. The Bertz CT molecular complexity index is 389. The van der Waals surface area contributed by atoms with Crippen molar-refractivity contribution in [3.8, 4) is 0 Å². The number of amides is 1. The van der Waals surface area contributed by atoms with Crippen LogP contribution < -0.4 is 5.32 Å². The Morgan fingerprint density at radius 1 is 1.65 bits per heavy atom. The average molecular weight is 254 g/mol. The van der Waals surface area contributed by atoms with Gasteiger partial charge in [-0.25, -0.2) is 4.98 Å². The van der Waals surface area contributed by atoms with Crippen LogP contribution in [0.3, 0.4) is 0 Å². The van der Waals surface area contributed by atoms with Crippen LogP contribution in [0.4, 0.5) is 0 Å². The number of aromatic nitrogens is 3. The zero-order valence-corrected chi connectivity index (χ0v) is 11.0. The Hall–Kier alpha value is -1.04. The normalized spacial score (nSPS) is 16.8. The molecule has 6 heteroatoms. The largest absolute Gasteiger partial charge is 0.346 e. The molecule has 1 saturated carbocycles. The third-order valence-electron chi connectivity index (χ3n) is 2.87. The molecule has 1 fully saturated rings. The van der Waals surface area contributed by atoms with E-state index in [1.165, 1.54) is 0 Å². The summed E-state index contributed by atoms with van der Waals surface area (Å²) in [6.07, 6.45) is 5.26. The van der Waals surface area contributed by atoms with Crippen molar-refractivity contribution in [2.45, 2.75) is 38.1 Å². The maximum Gasteiger partial charge on any atom is 0.291 e. The molecule has 2 N–H and O–H groups in total. The number of nitrogens with one attached hydrogen (secondary N) is 2. The summed E-state index contributed by atoms with van der Waals surface area (Å²) in [5.41, 5.74) is 0. The van der Waals surface area contributed by atoms with Gasteiger partial charge in [0.15, 0.2) is 0 Å². The molecule has 0 spiro atoms. The minimum atomic E-state index is -0.172. The molecule has 94 valence electrons. The Labute approximate surface area is 105 Å². The number of aromatic amines is 1. The van der Waals surface area contributed by atoms with E-state index in [2.05, 4.69) is 27.4 Å². The summed E-state index contributed by atoms with van der Waals surface area (Å²) in [7, 11) is 0. The van der Waals surface area contributed by atoms with E-state index in [0.717, 1.165) is 30.8 Å². The first-order valence-electron chi connectivity index (χ1n) is 5.96. The molecule has 0 aromatic carbocycles. The predicted octanol–water partition coefficient (Wildman–Crippen LogP) is 1.55. The van der Waals surface area contributed by atoms with E-state index in [9.17, 15) is 4.79 Å². The molecule has 1 aromatic rings. The van der Waals surface area contributed by atoms with Gasteiger partial charge in [-0.15, -0.1) is 5.10 Å². The van der Waals surface area contributed by atoms with Crippen molar-refractivity contribution in [2.24, 2.45) is 0 Å². The molecule has 1 heterocycles. The molecular weight excluding hydrogens is 236 g/mol. The number of carbonyl (C=O) groups is 1. The minimum absolute atomic E-state index is 0.172. The number of carbonyl (C=O) groups excluding carboxylic acids is 1. The average Bonchev–Trinajstić information content (AvgIpc) is 3.06. The monoisotopic (exact) mass is 254 g/mol. The highest BCUT2D eigenvalue weighted by Crippen LogP contribution is 2.37. The third kappa shape index (κ3) is 3.21. The number of nitrogens with zero attached hydrogens (tertiary/aromatic N) is 2. The van der Waals surface area contributed by atoms with E-state index >= 15 is 0 Å². The first-order chi connectivity index (χ1) is 8.24. The summed E-state index contributed by atoms with van der Waals surface area (Å²) in [6, 6.07) is 0.195. The predicted molar refractivity (Wildman–Crippen MR) is 68.3 cm³/mol.